The number of rotatable bonds is 3. The molecule has 126 valence electrons. The second kappa shape index (κ2) is 6.07. The van der Waals surface area contributed by atoms with Crippen LogP contribution in [0.25, 0.3) is 0 Å². The first kappa shape index (κ1) is 16.5. The van der Waals surface area contributed by atoms with Gasteiger partial charge in [-0.25, -0.2) is 0 Å². The van der Waals surface area contributed by atoms with Crippen molar-refractivity contribution in [3.8, 4) is 0 Å². The number of benzene rings is 2. The van der Waals surface area contributed by atoms with Gasteiger partial charge >= 0.3 is 0 Å². The molecule has 2 aromatic rings. The zero-order chi connectivity index (χ0) is 16.8. The zero-order valence-electron chi connectivity index (χ0n) is 14.3. The maximum absolute atomic E-state index is 6.50. The van der Waals surface area contributed by atoms with Crippen LogP contribution in [0.3, 0.4) is 0 Å². The van der Waals surface area contributed by atoms with Crippen molar-refractivity contribution >= 4 is 28.5 Å². The minimum Gasteiger partial charge on any atom is -0.297 e. The van der Waals surface area contributed by atoms with Crippen LogP contribution in [0.1, 0.15) is 26.7 Å². The summed E-state index contributed by atoms with van der Waals surface area (Å²) in [6.45, 7) is 5.31. The molecular weight excluding hydrogens is 333 g/mol. The molecule has 2 atom stereocenters. The lowest BCUT2D eigenvalue weighted by Gasteiger charge is -2.33. The van der Waals surface area contributed by atoms with Crippen LogP contribution in [-0.2, 0) is 16.6 Å². The third-order valence-corrected chi connectivity index (χ3v) is 11.2. The van der Waals surface area contributed by atoms with Crippen LogP contribution in [0.15, 0.2) is 60.7 Å². The fourth-order valence-corrected chi connectivity index (χ4v) is 8.90. The first-order valence-corrected chi connectivity index (χ1v) is 11.5. The molecule has 0 spiro atoms. The normalized spacial score (nSPS) is 26.4. The van der Waals surface area contributed by atoms with E-state index in [1.807, 2.05) is 0 Å². The average Bonchev–Trinajstić information content (AvgIpc) is 3.17. The number of hydroxylamine groups is 2. The van der Waals surface area contributed by atoms with E-state index < -0.39 is 6.04 Å². The highest BCUT2D eigenvalue weighted by Gasteiger charge is 2.53. The summed E-state index contributed by atoms with van der Waals surface area (Å²) in [4.78, 5) is 6.19. The van der Waals surface area contributed by atoms with Gasteiger partial charge in [0.15, 0.2) is 0 Å². The summed E-state index contributed by atoms with van der Waals surface area (Å²) in [7, 11) is 0. The first-order valence-electron chi connectivity index (χ1n) is 8.67. The lowest BCUT2D eigenvalue weighted by Crippen LogP contribution is -2.41. The molecule has 0 aromatic heterocycles. The van der Waals surface area contributed by atoms with Crippen LogP contribution < -0.4 is 10.6 Å². The molecule has 2 fully saturated rings. The molecule has 2 heterocycles. The minimum atomic E-state index is -1.93. The van der Waals surface area contributed by atoms with Crippen LogP contribution in [0.5, 0.6) is 0 Å². The monoisotopic (exact) mass is 357 g/mol. The molecule has 2 aliphatic heterocycles. The van der Waals surface area contributed by atoms with Gasteiger partial charge in [0.05, 0.1) is 6.61 Å². The van der Waals surface area contributed by atoms with Crippen molar-refractivity contribution in [1.82, 2.24) is 5.06 Å². The van der Waals surface area contributed by atoms with E-state index in [1.54, 1.807) is 0 Å². The molecule has 2 nitrogen and oxygen atoms in total. The van der Waals surface area contributed by atoms with Crippen molar-refractivity contribution in [2.24, 2.45) is 0 Å². The van der Waals surface area contributed by atoms with Crippen molar-refractivity contribution in [2.75, 3.05) is 6.61 Å². The predicted molar refractivity (Wildman–Crippen MR) is 105 cm³/mol. The lowest BCUT2D eigenvalue weighted by atomic mass is 10.0. The van der Waals surface area contributed by atoms with Gasteiger partial charge in [-0.1, -0.05) is 72.5 Å². The van der Waals surface area contributed by atoms with Gasteiger partial charge in [-0.05, 0) is 37.3 Å². The largest absolute Gasteiger partial charge is 0.297 e. The van der Waals surface area contributed by atoms with Gasteiger partial charge in [0.1, 0.15) is 0 Å². The topological polar surface area (TPSA) is 12.5 Å². The molecule has 2 aromatic carbocycles. The van der Waals surface area contributed by atoms with E-state index in [-0.39, 0.29) is 5.54 Å². The van der Waals surface area contributed by atoms with Crippen LogP contribution in [0.4, 0.5) is 0 Å². The summed E-state index contributed by atoms with van der Waals surface area (Å²) < 4.78 is 0. The van der Waals surface area contributed by atoms with Crippen LogP contribution in [0, 0.1) is 0 Å². The first-order chi connectivity index (χ1) is 11.5. The van der Waals surface area contributed by atoms with Gasteiger partial charge < -0.3 is 0 Å². The molecule has 2 saturated heterocycles. The van der Waals surface area contributed by atoms with Gasteiger partial charge in [-0.2, -0.15) is 5.06 Å². The Morgan fingerprint density at radius 3 is 2.08 bits per heavy atom. The summed E-state index contributed by atoms with van der Waals surface area (Å²) in [6.07, 6.45) is 2.35. The number of hydrogen-bond acceptors (Lipinski definition) is 3. The Balaban J connectivity index is 1.82. The fraction of sp³-hybridized carbons (Fsp3) is 0.400. The third kappa shape index (κ3) is 2.50. The molecule has 0 amide bonds. The van der Waals surface area contributed by atoms with Crippen molar-refractivity contribution in [2.45, 2.75) is 43.9 Å². The summed E-state index contributed by atoms with van der Waals surface area (Å²) in [5.41, 5.74) is 0.506. The van der Waals surface area contributed by atoms with E-state index in [4.69, 9.17) is 16.6 Å². The second-order valence-corrected chi connectivity index (χ2v) is 12.2. The maximum Gasteiger partial charge on any atom is 0.0782 e. The molecular formula is C20H24NOPS. The quantitative estimate of drug-likeness (QED) is 0.778. The summed E-state index contributed by atoms with van der Waals surface area (Å²) in [5, 5.41) is 4.88. The molecule has 0 N–H and O–H groups in total. The molecule has 2 aliphatic rings. The van der Waals surface area contributed by atoms with E-state index in [0.717, 1.165) is 6.61 Å². The highest BCUT2D eigenvalue weighted by molar-refractivity contribution is 8.22. The molecule has 0 radical (unpaired) electrons. The van der Waals surface area contributed by atoms with Crippen molar-refractivity contribution < 1.29 is 4.84 Å². The van der Waals surface area contributed by atoms with Gasteiger partial charge in [0, 0.05) is 23.3 Å². The van der Waals surface area contributed by atoms with Crippen LogP contribution >= 0.6 is 6.04 Å². The second-order valence-electron chi connectivity index (χ2n) is 7.44. The van der Waals surface area contributed by atoms with E-state index in [2.05, 4.69) is 79.6 Å². The average molecular weight is 357 g/mol. The molecule has 4 rings (SSSR count). The molecule has 24 heavy (non-hydrogen) atoms. The Kier molecular flexibility index (Phi) is 4.17. The summed E-state index contributed by atoms with van der Waals surface area (Å²) in [5.74, 6) is 0. The minimum absolute atomic E-state index is 0.118. The lowest BCUT2D eigenvalue weighted by molar-refractivity contribution is -0.170. The zero-order valence-corrected chi connectivity index (χ0v) is 16.0. The van der Waals surface area contributed by atoms with Crippen molar-refractivity contribution in [1.29, 1.82) is 0 Å². The van der Waals surface area contributed by atoms with Crippen LogP contribution in [0.2, 0.25) is 0 Å². The Bertz CT molecular complexity index is 718. The standard InChI is InChI=1S/C20H24NOPS/c1-20(2)14-13-18-19(15-22-21(18)20)23(24,16-9-5-3-6-10-16)17-11-7-4-8-12-17/h3-12,18-19H,13-15H2,1-2H3/t18-,19+/m1/s1. The molecule has 0 aliphatic carbocycles. The summed E-state index contributed by atoms with van der Waals surface area (Å²) in [6, 6.07) is 20.0. The molecule has 0 bridgehead atoms. The molecule has 0 unspecified atom stereocenters. The smallest absolute Gasteiger partial charge is 0.0782 e. The molecule has 0 saturated carbocycles. The van der Waals surface area contributed by atoms with Gasteiger partial charge in [0.25, 0.3) is 0 Å². The maximum atomic E-state index is 6.50. The van der Waals surface area contributed by atoms with E-state index >= 15 is 0 Å². The van der Waals surface area contributed by atoms with E-state index in [1.165, 1.54) is 23.5 Å². The third-order valence-electron chi connectivity index (χ3n) is 5.52. The highest BCUT2D eigenvalue weighted by atomic mass is 32.4. The summed E-state index contributed by atoms with van der Waals surface area (Å²) >= 11 is 6.50. The number of hydrogen-bond donors (Lipinski definition) is 0. The van der Waals surface area contributed by atoms with E-state index in [0.29, 0.717) is 11.7 Å². The van der Waals surface area contributed by atoms with E-state index in [9.17, 15) is 0 Å². The predicted octanol–water partition coefficient (Wildman–Crippen LogP) is 3.67. The Hall–Kier alpha value is -0.990. The highest BCUT2D eigenvalue weighted by Crippen LogP contribution is 2.56. The Labute approximate surface area is 149 Å². The fourth-order valence-electron chi connectivity index (χ4n) is 4.24. The van der Waals surface area contributed by atoms with Gasteiger partial charge in [-0.15, -0.1) is 0 Å². The SMILES string of the molecule is CC1(C)CC[C@@H]2[C@@H](P(=S)(c3ccccc3)c3ccccc3)CON21. The van der Waals surface area contributed by atoms with Crippen molar-refractivity contribution in [3.63, 3.8) is 0 Å². The molecule has 4 heteroatoms. The Morgan fingerprint density at radius 2 is 1.54 bits per heavy atom. The van der Waals surface area contributed by atoms with Crippen LogP contribution in [-0.4, -0.2) is 28.9 Å². The number of fused-ring (bicyclic) bond motifs is 1. The van der Waals surface area contributed by atoms with Crippen molar-refractivity contribution in [3.05, 3.63) is 60.7 Å². The van der Waals surface area contributed by atoms with Gasteiger partial charge in [-0.3, -0.25) is 4.84 Å². The van der Waals surface area contributed by atoms with Gasteiger partial charge in [0.2, 0.25) is 0 Å². The Morgan fingerprint density at radius 1 is 1.00 bits per heavy atom. The number of nitrogens with zero attached hydrogens (tertiary/aromatic N) is 1.